The largest absolute Gasteiger partial charge is 0.345 e. The number of carbonyl (C=O) groups excluding carboxylic acids is 1. The molecule has 0 saturated heterocycles. The van der Waals surface area contributed by atoms with E-state index < -0.39 is 0 Å². The highest BCUT2D eigenvalue weighted by molar-refractivity contribution is 5.58. The van der Waals surface area contributed by atoms with E-state index in [2.05, 4.69) is 25.8 Å². The fourth-order valence-corrected chi connectivity index (χ4v) is 1.80. The monoisotopic (exact) mass is 256 g/mol. The topological polar surface area (TPSA) is 35.9 Å². The second-order valence-electron chi connectivity index (χ2n) is 5.59. The van der Waals surface area contributed by atoms with Gasteiger partial charge in [-0.15, -0.1) is 4.99 Å². The Kier molecular flexibility index (Phi) is 3.45. The molecule has 1 aliphatic rings. The molecule has 0 N–H and O–H groups in total. The summed E-state index contributed by atoms with van der Waals surface area (Å²) in [6.07, 6.45) is 3.46. The van der Waals surface area contributed by atoms with Crippen LogP contribution in [-0.4, -0.2) is 16.5 Å². The summed E-state index contributed by atoms with van der Waals surface area (Å²) in [6.45, 7) is 10.3. The Balaban J connectivity index is 2.33. The molecule has 1 aliphatic heterocycles. The van der Waals surface area contributed by atoms with E-state index in [0.717, 1.165) is 5.69 Å². The third kappa shape index (κ3) is 2.85. The van der Waals surface area contributed by atoms with Crippen LogP contribution in [0, 0.1) is 13.6 Å². The van der Waals surface area contributed by atoms with Gasteiger partial charge in [-0.2, -0.15) is 0 Å². The zero-order valence-corrected chi connectivity index (χ0v) is 11.7. The lowest BCUT2D eigenvalue weighted by atomic mass is 10.1. The third-order valence-electron chi connectivity index (χ3n) is 2.99. The number of aryl methyl sites for hydroxylation is 1. The zero-order chi connectivity index (χ0) is 14.0. The van der Waals surface area contributed by atoms with E-state index in [4.69, 9.17) is 0 Å². The fourth-order valence-electron chi connectivity index (χ4n) is 1.80. The molecule has 0 fully saturated rings. The van der Waals surface area contributed by atoms with Crippen molar-refractivity contribution in [3.05, 3.63) is 48.5 Å². The van der Waals surface area contributed by atoms with Crippen LogP contribution >= 0.6 is 0 Å². The van der Waals surface area contributed by atoms with Crippen LogP contribution in [0.4, 0.5) is 5.69 Å². The molecule has 4 heteroatoms. The highest BCUT2D eigenvalue weighted by Gasteiger charge is 2.29. The Hall–Kier alpha value is -2.06. The number of hydrogen-bond acceptors (Lipinski definition) is 4. The molecule has 4 nitrogen and oxygen atoms in total. The van der Waals surface area contributed by atoms with Gasteiger partial charge in [-0.25, -0.2) is 4.79 Å². The molecular formula is C15H18N3O. The van der Waals surface area contributed by atoms with Gasteiger partial charge in [0.05, 0.1) is 0 Å². The van der Waals surface area contributed by atoms with Gasteiger partial charge in [-0.1, -0.05) is 17.7 Å². The zero-order valence-electron chi connectivity index (χ0n) is 11.7. The number of hydrogen-bond donors (Lipinski definition) is 0. The first kappa shape index (κ1) is 13.4. The molecule has 99 valence electrons. The van der Waals surface area contributed by atoms with Crippen molar-refractivity contribution in [1.29, 1.82) is 0 Å². The molecule has 0 aromatic heterocycles. The maximum Gasteiger partial charge on any atom is 0.242 e. The smallest absolute Gasteiger partial charge is 0.242 e. The average Bonchev–Trinajstić information content (AvgIpc) is 2.74. The Morgan fingerprint density at radius 1 is 1.16 bits per heavy atom. The van der Waals surface area contributed by atoms with Crippen molar-refractivity contribution < 1.29 is 4.79 Å². The maximum absolute atomic E-state index is 10.6. The quantitative estimate of drug-likeness (QED) is 0.602. The summed E-state index contributed by atoms with van der Waals surface area (Å²) in [5.74, 6) is 0.578. The van der Waals surface area contributed by atoms with E-state index >= 15 is 0 Å². The van der Waals surface area contributed by atoms with Crippen LogP contribution in [0.15, 0.2) is 41.3 Å². The first-order valence-electron chi connectivity index (χ1n) is 6.21. The molecule has 0 saturated carbocycles. The Bertz CT molecular complexity index is 534. The minimum atomic E-state index is -0.0664. The van der Waals surface area contributed by atoms with Crippen LogP contribution in [-0.2, 0) is 4.79 Å². The van der Waals surface area contributed by atoms with Gasteiger partial charge < -0.3 is 4.90 Å². The van der Waals surface area contributed by atoms with Gasteiger partial charge in [0.15, 0.2) is 5.82 Å². The Morgan fingerprint density at radius 2 is 1.79 bits per heavy atom. The minimum absolute atomic E-state index is 0.0664. The first-order valence-corrected chi connectivity index (χ1v) is 6.21. The first-order chi connectivity index (χ1) is 8.91. The van der Waals surface area contributed by atoms with E-state index in [-0.39, 0.29) is 5.54 Å². The fraction of sp³-hybridized carbons (Fsp3) is 0.333. The molecule has 19 heavy (non-hydrogen) atoms. The number of benzene rings is 1. The molecule has 1 aromatic rings. The molecule has 0 unspecified atom stereocenters. The normalized spacial score (nSPS) is 15.3. The summed E-state index contributed by atoms with van der Waals surface area (Å²) in [5, 5.41) is 0. The van der Waals surface area contributed by atoms with Crippen molar-refractivity contribution in [2.45, 2.75) is 33.2 Å². The molecule has 0 spiro atoms. The highest BCUT2D eigenvalue weighted by atomic mass is 16.1. The number of isocyanates is 1. The van der Waals surface area contributed by atoms with Crippen molar-refractivity contribution in [3.8, 4) is 0 Å². The van der Waals surface area contributed by atoms with E-state index in [1.807, 2.05) is 53.9 Å². The summed E-state index contributed by atoms with van der Waals surface area (Å²) in [7, 11) is 0. The van der Waals surface area contributed by atoms with Gasteiger partial charge >= 0.3 is 0 Å². The predicted molar refractivity (Wildman–Crippen MR) is 75.8 cm³/mol. The van der Waals surface area contributed by atoms with Gasteiger partial charge in [-0.05, 0) is 39.8 Å². The van der Waals surface area contributed by atoms with E-state index in [0.29, 0.717) is 5.82 Å². The molecule has 0 amide bonds. The predicted octanol–water partition coefficient (Wildman–Crippen LogP) is 3.17. The number of rotatable bonds is 2. The standard InChI is InChI=1S/C15H18N3O/c1-12-5-7-13(8-6-12)18-11-17(15(2,3)4)9-14(18)16-10-19/h5-9,11H,1-4H3. The van der Waals surface area contributed by atoms with Crippen LogP contribution in [0.5, 0.6) is 0 Å². The molecule has 0 atom stereocenters. The van der Waals surface area contributed by atoms with Gasteiger partial charge in [-0.3, -0.25) is 4.90 Å². The number of anilines is 1. The van der Waals surface area contributed by atoms with Crippen molar-refractivity contribution in [3.63, 3.8) is 0 Å². The molecule has 1 heterocycles. The lowest BCUT2D eigenvalue weighted by Crippen LogP contribution is -2.35. The Morgan fingerprint density at radius 3 is 2.32 bits per heavy atom. The van der Waals surface area contributed by atoms with Crippen LogP contribution in [0.25, 0.3) is 0 Å². The SMILES string of the molecule is Cc1ccc(N2[CH]N(C(C)(C)C)C=C2N=C=O)cc1. The second kappa shape index (κ2) is 4.90. The van der Waals surface area contributed by atoms with Gasteiger partial charge in [0, 0.05) is 17.4 Å². The molecule has 2 rings (SSSR count). The third-order valence-corrected chi connectivity index (χ3v) is 2.99. The molecule has 0 bridgehead atoms. The van der Waals surface area contributed by atoms with Crippen molar-refractivity contribution in [2.75, 3.05) is 4.90 Å². The lowest BCUT2D eigenvalue weighted by molar-refractivity contribution is 0.259. The minimum Gasteiger partial charge on any atom is -0.345 e. The number of nitrogens with zero attached hydrogens (tertiary/aromatic N) is 3. The van der Waals surface area contributed by atoms with Crippen LogP contribution in [0.3, 0.4) is 0 Å². The summed E-state index contributed by atoms with van der Waals surface area (Å²) < 4.78 is 0. The van der Waals surface area contributed by atoms with Crippen molar-refractivity contribution in [2.24, 2.45) is 4.99 Å². The van der Waals surface area contributed by atoms with Gasteiger partial charge in [0.25, 0.3) is 0 Å². The van der Waals surface area contributed by atoms with Crippen molar-refractivity contribution in [1.82, 2.24) is 4.90 Å². The van der Waals surface area contributed by atoms with Crippen LogP contribution in [0.1, 0.15) is 26.3 Å². The number of aliphatic imine (C=N–C) groups is 1. The summed E-state index contributed by atoms with van der Waals surface area (Å²) in [5.41, 5.74) is 2.10. The van der Waals surface area contributed by atoms with Gasteiger partial charge in [0.2, 0.25) is 6.08 Å². The second-order valence-corrected chi connectivity index (χ2v) is 5.59. The maximum atomic E-state index is 10.6. The average molecular weight is 256 g/mol. The van der Waals surface area contributed by atoms with E-state index in [1.165, 1.54) is 5.56 Å². The Labute approximate surface area is 114 Å². The summed E-state index contributed by atoms with van der Waals surface area (Å²) in [6, 6.07) is 8.08. The highest BCUT2D eigenvalue weighted by Crippen LogP contribution is 2.32. The molecule has 1 aromatic carbocycles. The van der Waals surface area contributed by atoms with Crippen molar-refractivity contribution >= 4 is 11.8 Å². The summed E-state index contributed by atoms with van der Waals surface area (Å²) >= 11 is 0. The summed E-state index contributed by atoms with van der Waals surface area (Å²) in [4.78, 5) is 18.2. The van der Waals surface area contributed by atoms with Gasteiger partial charge in [0.1, 0.15) is 6.67 Å². The van der Waals surface area contributed by atoms with Crippen LogP contribution < -0.4 is 4.90 Å². The van der Waals surface area contributed by atoms with E-state index in [1.54, 1.807) is 6.08 Å². The van der Waals surface area contributed by atoms with E-state index in [9.17, 15) is 4.79 Å². The van der Waals surface area contributed by atoms with Crippen LogP contribution in [0.2, 0.25) is 0 Å². The molecule has 0 aliphatic carbocycles. The lowest BCUT2D eigenvalue weighted by Gasteiger charge is -2.32. The molecule has 1 radical (unpaired) electrons. The molecular weight excluding hydrogens is 238 g/mol.